The molecule has 2 rings (SSSR count). The fourth-order valence-corrected chi connectivity index (χ4v) is 3.17. The van der Waals surface area contributed by atoms with Crippen molar-refractivity contribution in [1.29, 1.82) is 0 Å². The molecular formula is C13H26N2. The highest BCUT2D eigenvalue weighted by Crippen LogP contribution is 2.24. The van der Waals surface area contributed by atoms with E-state index in [0.717, 1.165) is 24.0 Å². The first-order valence-electron chi connectivity index (χ1n) is 6.63. The molecule has 2 aliphatic rings. The van der Waals surface area contributed by atoms with E-state index in [1.807, 2.05) is 0 Å². The summed E-state index contributed by atoms with van der Waals surface area (Å²) in [6.45, 7) is 6.01. The SMILES string of the molecule is C[C@@H]1CN(C)[C@H](C)C[C@H]1NC1CCCC1. The highest BCUT2D eigenvalue weighted by molar-refractivity contribution is 4.89. The van der Waals surface area contributed by atoms with E-state index in [0.29, 0.717) is 0 Å². The molecule has 0 unspecified atom stereocenters. The number of hydrogen-bond donors (Lipinski definition) is 1. The molecule has 1 aliphatic heterocycles. The van der Waals surface area contributed by atoms with Crippen LogP contribution in [-0.4, -0.2) is 36.6 Å². The Morgan fingerprint density at radius 3 is 2.47 bits per heavy atom. The standard InChI is InChI=1S/C13H26N2/c1-10-9-15(3)11(2)8-13(10)14-12-6-4-5-7-12/h10-14H,4-9H2,1-3H3/t10-,11-,13-/m1/s1. The van der Waals surface area contributed by atoms with Crippen LogP contribution < -0.4 is 5.32 Å². The van der Waals surface area contributed by atoms with Crippen LogP contribution in [0.5, 0.6) is 0 Å². The van der Waals surface area contributed by atoms with Gasteiger partial charge in [-0.1, -0.05) is 19.8 Å². The van der Waals surface area contributed by atoms with Gasteiger partial charge in [-0.15, -0.1) is 0 Å². The number of hydrogen-bond acceptors (Lipinski definition) is 2. The lowest BCUT2D eigenvalue weighted by Gasteiger charge is -2.41. The highest BCUT2D eigenvalue weighted by atomic mass is 15.2. The third-order valence-corrected chi connectivity index (χ3v) is 4.42. The van der Waals surface area contributed by atoms with Crippen molar-refractivity contribution >= 4 is 0 Å². The van der Waals surface area contributed by atoms with Gasteiger partial charge in [-0.05, 0) is 39.2 Å². The lowest BCUT2D eigenvalue weighted by molar-refractivity contribution is 0.116. The third kappa shape index (κ3) is 2.73. The van der Waals surface area contributed by atoms with Crippen LogP contribution in [0.25, 0.3) is 0 Å². The minimum absolute atomic E-state index is 0.750. The zero-order valence-corrected chi connectivity index (χ0v) is 10.5. The second-order valence-corrected chi connectivity index (χ2v) is 5.76. The number of nitrogens with zero attached hydrogens (tertiary/aromatic N) is 1. The molecule has 15 heavy (non-hydrogen) atoms. The van der Waals surface area contributed by atoms with E-state index >= 15 is 0 Å². The van der Waals surface area contributed by atoms with Gasteiger partial charge in [0.15, 0.2) is 0 Å². The van der Waals surface area contributed by atoms with Gasteiger partial charge in [0.1, 0.15) is 0 Å². The van der Waals surface area contributed by atoms with Crippen molar-refractivity contribution in [3.8, 4) is 0 Å². The topological polar surface area (TPSA) is 15.3 Å². The van der Waals surface area contributed by atoms with Crippen LogP contribution in [0.15, 0.2) is 0 Å². The molecule has 1 heterocycles. The van der Waals surface area contributed by atoms with Crippen molar-refractivity contribution in [2.45, 2.75) is 64.1 Å². The Morgan fingerprint density at radius 1 is 1.13 bits per heavy atom. The molecule has 2 fully saturated rings. The number of nitrogens with one attached hydrogen (secondary N) is 1. The number of rotatable bonds is 2. The molecule has 0 aromatic rings. The Kier molecular flexibility index (Phi) is 3.68. The van der Waals surface area contributed by atoms with Gasteiger partial charge in [0.2, 0.25) is 0 Å². The molecule has 0 radical (unpaired) electrons. The molecule has 0 aromatic carbocycles. The second-order valence-electron chi connectivity index (χ2n) is 5.76. The molecular weight excluding hydrogens is 184 g/mol. The zero-order valence-electron chi connectivity index (χ0n) is 10.5. The van der Waals surface area contributed by atoms with Gasteiger partial charge in [0, 0.05) is 24.7 Å². The van der Waals surface area contributed by atoms with E-state index in [2.05, 4.69) is 31.1 Å². The first-order valence-corrected chi connectivity index (χ1v) is 6.63. The highest BCUT2D eigenvalue weighted by Gasteiger charge is 2.30. The molecule has 3 atom stereocenters. The van der Waals surface area contributed by atoms with Crippen molar-refractivity contribution in [3.63, 3.8) is 0 Å². The third-order valence-electron chi connectivity index (χ3n) is 4.42. The predicted molar refractivity (Wildman–Crippen MR) is 65.1 cm³/mol. The average Bonchev–Trinajstić information content (AvgIpc) is 2.67. The van der Waals surface area contributed by atoms with Crippen LogP contribution in [0.3, 0.4) is 0 Å². The Labute approximate surface area is 94.4 Å². The Bertz CT molecular complexity index is 199. The van der Waals surface area contributed by atoms with Crippen LogP contribution in [0, 0.1) is 5.92 Å². The van der Waals surface area contributed by atoms with Crippen molar-refractivity contribution in [3.05, 3.63) is 0 Å². The summed E-state index contributed by atoms with van der Waals surface area (Å²) in [6.07, 6.45) is 7.03. The lowest BCUT2D eigenvalue weighted by Crippen LogP contribution is -2.52. The summed E-state index contributed by atoms with van der Waals surface area (Å²) in [5.41, 5.74) is 0. The van der Waals surface area contributed by atoms with Crippen LogP contribution in [0.4, 0.5) is 0 Å². The zero-order chi connectivity index (χ0) is 10.8. The molecule has 1 saturated carbocycles. The molecule has 0 spiro atoms. The molecule has 1 N–H and O–H groups in total. The van der Waals surface area contributed by atoms with Crippen molar-refractivity contribution < 1.29 is 0 Å². The minimum atomic E-state index is 0.750. The number of piperidine rings is 1. The summed E-state index contributed by atoms with van der Waals surface area (Å²) in [4.78, 5) is 2.50. The van der Waals surface area contributed by atoms with E-state index < -0.39 is 0 Å². The molecule has 2 nitrogen and oxygen atoms in total. The first kappa shape index (κ1) is 11.4. The summed E-state index contributed by atoms with van der Waals surface area (Å²) in [6, 6.07) is 2.34. The normalized spacial score (nSPS) is 39.8. The van der Waals surface area contributed by atoms with Crippen LogP contribution in [0.1, 0.15) is 46.0 Å². The predicted octanol–water partition coefficient (Wildman–Crippen LogP) is 2.25. The maximum absolute atomic E-state index is 3.89. The summed E-state index contributed by atoms with van der Waals surface area (Å²) < 4.78 is 0. The Hall–Kier alpha value is -0.0800. The van der Waals surface area contributed by atoms with Gasteiger partial charge in [0.05, 0.1) is 0 Å². The molecule has 0 aromatic heterocycles. The minimum Gasteiger partial charge on any atom is -0.311 e. The van der Waals surface area contributed by atoms with Crippen LogP contribution in [0.2, 0.25) is 0 Å². The molecule has 88 valence electrons. The average molecular weight is 210 g/mol. The molecule has 0 bridgehead atoms. The van der Waals surface area contributed by atoms with Gasteiger partial charge >= 0.3 is 0 Å². The summed E-state index contributed by atoms with van der Waals surface area (Å²) in [5, 5.41) is 3.89. The summed E-state index contributed by atoms with van der Waals surface area (Å²) in [5.74, 6) is 0.812. The molecule has 1 saturated heterocycles. The summed E-state index contributed by atoms with van der Waals surface area (Å²) in [7, 11) is 2.26. The van der Waals surface area contributed by atoms with Gasteiger partial charge in [-0.3, -0.25) is 0 Å². The van der Waals surface area contributed by atoms with Crippen molar-refractivity contribution in [2.24, 2.45) is 5.92 Å². The smallest absolute Gasteiger partial charge is 0.0122 e. The van der Waals surface area contributed by atoms with E-state index in [4.69, 9.17) is 0 Å². The fourth-order valence-electron chi connectivity index (χ4n) is 3.17. The first-order chi connectivity index (χ1) is 7.16. The summed E-state index contributed by atoms with van der Waals surface area (Å²) >= 11 is 0. The quantitative estimate of drug-likeness (QED) is 0.752. The van der Waals surface area contributed by atoms with Crippen LogP contribution in [-0.2, 0) is 0 Å². The largest absolute Gasteiger partial charge is 0.311 e. The van der Waals surface area contributed by atoms with Gasteiger partial charge < -0.3 is 10.2 Å². The van der Waals surface area contributed by atoms with Gasteiger partial charge in [0.25, 0.3) is 0 Å². The van der Waals surface area contributed by atoms with Gasteiger partial charge in [-0.2, -0.15) is 0 Å². The van der Waals surface area contributed by atoms with E-state index in [1.165, 1.54) is 38.6 Å². The van der Waals surface area contributed by atoms with E-state index in [-0.39, 0.29) is 0 Å². The van der Waals surface area contributed by atoms with Crippen molar-refractivity contribution in [2.75, 3.05) is 13.6 Å². The lowest BCUT2D eigenvalue weighted by atomic mass is 9.89. The van der Waals surface area contributed by atoms with Gasteiger partial charge in [-0.25, -0.2) is 0 Å². The molecule has 2 heteroatoms. The van der Waals surface area contributed by atoms with E-state index in [9.17, 15) is 0 Å². The van der Waals surface area contributed by atoms with E-state index in [1.54, 1.807) is 0 Å². The monoisotopic (exact) mass is 210 g/mol. The molecule has 0 amide bonds. The number of likely N-dealkylation sites (tertiary alicyclic amines) is 1. The fraction of sp³-hybridized carbons (Fsp3) is 1.00. The Morgan fingerprint density at radius 2 is 1.80 bits per heavy atom. The maximum atomic E-state index is 3.89. The maximum Gasteiger partial charge on any atom is 0.0122 e. The second kappa shape index (κ2) is 4.84. The Balaban J connectivity index is 1.85. The van der Waals surface area contributed by atoms with Crippen LogP contribution >= 0.6 is 0 Å². The molecule has 1 aliphatic carbocycles. The van der Waals surface area contributed by atoms with Crippen molar-refractivity contribution in [1.82, 2.24) is 10.2 Å².